The first-order valence-corrected chi connectivity index (χ1v) is 6.62. The van der Waals surface area contributed by atoms with Crippen molar-refractivity contribution < 1.29 is 4.52 Å². The number of rotatable bonds is 4. The van der Waals surface area contributed by atoms with Gasteiger partial charge >= 0.3 is 0 Å². The van der Waals surface area contributed by atoms with Crippen molar-refractivity contribution >= 4 is 0 Å². The Balaban J connectivity index is 2.01. The van der Waals surface area contributed by atoms with Gasteiger partial charge in [-0.05, 0) is 39.9 Å². The summed E-state index contributed by atoms with van der Waals surface area (Å²) in [5.41, 5.74) is 2.34. The highest BCUT2D eigenvalue weighted by molar-refractivity contribution is 5.21. The standard InChI is InChI=1S/C13H23N3O/c1-11-12(9-14-2)13(15-17-11)10-16-7-5-3-4-6-8-16/h14H,3-10H2,1-2H3. The van der Waals surface area contributed by atoms with Crippen LogP contribution in [0.25, 0.3) is 0 Å². The first-order valence-electron chi connectivity index (χ1n) is 6.62. The maximum absolute atomic E-state index is 5.30. The molecule has 0 spiro atoms. The number of aryl methyl sites for hydroxylation is 1. The summed E-state index contributed by atoms with van der Waals surface area (Å²) in [6, 6.07) is 0. The minimum absolute atomic E-state index is 0.846. The summed E-state index contributed by atoms with van der Waals surface area (Å²) in [6.07, 6.45) is 5.38. The Morgan fingerprint density at radius 3 is 2.59 bits per heavy atom. The van der Waals surface area contributed by atoms with Crippen molar-refractivity contribution in [1.29, 1.82) is 0 Å². The number of hydrogen-bond donors (Lipinski definition) is 1. The minimum Gasteiger partial charge on any atom is -0.361 e. The lowest BCUT2D eigenvalue weighted by Gasteiger charge is -2.18. The van der Waals surface area contributed by atoms with Gasteiger partial charge in [-0.25, -0.2) is 0 Å². The molecule has 0 amide bonds. The van der Waals surface area contributed by atoms with Crippen molar-refractivity contribution in [3.8, 4) is 0 Å². The van der Waals surface area contributed by atoms with Crippen molar-refractivity contribution in [2.75, 3.05) is 20.1 Å². The van der Waals surface area contributed by atoms with E-state index >= 15 is 0 Å². The number of nitrogens with one attached hydrogen (secondary N) is 1. The predicted octanol–water partition coefficient (Wildman–Crippen LogP) is 2.08. The molecule has 0 saturated carbocycles. The van der Waals surface area contributed by atoms with E-state index < -0.39 is 0 Å². The van der Waals surface area contributed by atoms with Gasteiger partial charge in [-0.1, -0.05) is 18.0 Å². The van der Waals surface area contributed by atoms with Crippen molar-refractivity contribution in [2.45, 2.75) is 45.7 Å². The van der Waals surface area contributed by atoms with Crippen LogP contribution in [-0.4, -0.2) is 30.2 Å². The van der Waals surface area contributed by atoms with Crippen LogP contribution in [0.4, 0.5) is 0 Å². The predicted molar refractivity (Wildman–Crippen MR) is 67.7 cm³/mol. The van der Waals surface area contributed by atoms with Crippen LogP contribution >= 0.6 is 0 Å². The van der Waals surface area contributed by atoms with Crippen LogP contribution in [0.15, 0.2) is 4.52 Å². The molecule has 1 fully saturated rings. The van der Waals surface area contributed by atoms with Crippen molar-refractivity contribution in [1.82, 2.24) is 15.4 Å². The summed E-state index contributed by atoms with van der Waals surface area (Å²) >= 11 is 0. The molecule has 1 aromatic heterocycles. The molecule has 17 heavy (non-hydrogen) atoms. The van der Waals surface area contributed by atoms with Gasteiger partial charge < -0.3 is 9.84 Å². The van der Waals surface area contributed by atoms with E-state index in [0.717, 1.165) is 24.5 Å². The first-order chi connectivity index (χ1) is 8.31. The Bertz CT molecular complexity index is 340. The zero-order chi connectivity index (χ0) is 12.1. The van der Waals surface area contributed by atoms with E-state index in [1.807, 2.05) is 14.0 Å². The highest BCUT2D eigenvalue weighted by atomic mass is 16.5. The lowest BCUT2D eigenvalue weighted by Crippen LogP contribution is -2.25. The molecular weight excluding hydrogens is 214 g/mol. The van der Waals surface area contributed by atoms with E-state index in [1.165, 1.54) is 44.3 Å². The lowest BCUT2D eigenvalue weighted by molar-refractivity contribution is 0.265. The third-order valence-electron chi connectivity index (χ3n) is 3.49. The fourth-order valence-corrected chi connectivity index (χ4v) is 2.47. The van der Waals surface area contributed by atoms with Crippen molar-refractivity contribution in [2.24, 2.45) is 0 Å². The largest absolute Gasteiger partial charge is 0.361 e. The highest BCUT2D eigenvalue weighted by Crippen LogP contribution is 2.17. The molecule has 1 aliphatic heterocycles. The van der Waals surface area contributed by atoms with Gasteiger partial charge in [0.1, 0.15) is 11.5 Å². The fraction of sp³-hybridized carbons (Fsp3) is 0.769. The number of aromatic nitrogens is 1. The van der Waals surface area contributed by atoms with Gasteiger partial charge in [0.25, 0.3) is 0 Å². The molecule has 0 atom stereocenters. The molecule has 0 radical (unpaired) electrons. The van der Waals surface area contributed by atoms with E-state index in [1.54, 1.807) is 0 Å². The molecule has 0 aliphatic carbocycles. The van der Waals surface area contributed by atoms with Crippen LogP contribution in [0.1, 0.15) is 42.7 Å². The molecule has 0 aromatic carbocycles. The van der Waals surface area contributed by atoms with E-state index in [9.17, 15) is 0 Å². The molecule has 4 heteroatoms. The third-order valence-corrected chi connectivity index (χ3v) is 3.49. The smallest absolute Gasteiger partial charge is 0.138 e. The van der Waals surface area contributed by atoms with Crippen molar-refractivity contribution in [3.05, 3.63) is 17.0 Å². The van der Waals surface area contributed by atoms with Crippen molar-refractivity contribution in [3.63, 3.8) is 0 Å². The second kappa shape index (κ2) is 6.17. The van der Waals surface area contributed by atoms with E-state index in [0.29, 0.717) is 0 Å². The third kappa shape index (κ3) is 3.30. The lowest BCUT2D eigenvalue weighted by atomic mass is 10.2. The molecule has 4 nitrogen and oxygen atoms in total. The minimum atomic E-state index is 0.846. The quantitative estimate of drug-likeness (QED) is 0.870. The first kappa shape index (κ1) is 12.6. The summed E-state index contributed by atoms with van der Waals surface area (Å²) in [5, 5.41) is 7.38. The van der Waals surface area contributed by atoms with E-state index in [4.69, 9.17) is 4.52 Å². The van der Waals surface area contributed by atoms with E-state index in [2.05, 4.69) is 15.4 Å². The normalized spacial score (nSPS) is 18.2. The molecule has 1 N–H and O–H groups in total. The van der Waals surface area contributed by atoms with Gasteiger partial charge in [-0.3, -0.25) is 4.90 Å². The summed E-state index contributed by atoms with van der Waals surface area (Å²) in [7, 11) is 1.96. The fourth-order valence-electron chi connectivity index (χ4n) is 2.47. The molecule has 1 aliphatic rings. The summed E-state index contributed by atoms with van der Waals surface area (Å²) in [6.45, 7) is 6.17. The van der Waals surface area contributed by atoms with Gasteiger partial charge in [0.2, 0.25) is 0 Å². The van der Waals surface area contributed by atoms with E-state index in [-0.39, 0.29) is 0 Å². The molecular formula is C13H23N3O. The molecule has 0 bridgehead atoms. The Labute approximate surface area is 103 Å². The topological polar surface area (TPSA) is 41.3 Å². The van der Waals surface area contributed by atoms with Crippen LogP contribution in [0, 0.1) is 6.92 Å². The molecule has 1 aromatic rings. The van der Waals surface area contributed by atoms with Gasteiger partial charge in [0.05, 0.1) is 0 Å². The number of nitrogens with zero attached hydrogens (tertiary/aromatic N) is 2. The molecule has 0 unspecified atom stereocenters. The van der Waals surface area contributed by atoms with Gasteiger partial charge in [-0.15, -0.1) is 0 Å². The maximum atomic E-state index is 5.30. The van der Waals surface area contributed by atoms with Crippen LogP contribution in [0.2, 0.25) is 0 Å². The second-order valence-electron chi connectivity index (χ2n) is 4.88. The Morgan fingerprint density at radius 1 is 1.24 bits per heavy atom. The monoisotopic (exact) mass is 237 g/mol. The SMILES string of the molecule is CNCc1c(CN2CCCCCC2)noc1C. The highest BCUT2D eigenvalue weighted by Gasteiger charge is 2.16. The van der Waals surface area contributed by atoms with Crippen LogP contribution in [0.5, 0.6) is 0 Å². The molecule has 1 saturated heterocycles. The summed E-state index contributed by atoms with van der Waals surface area (Å²) in [5.74, 6) is 0.948. The molecule has 96 valence electrons. The summed E-state index contributed by atoms with van der Waals surface area (Å²) in [4.78, 5) is 2.50. The average molecular weight is 237 g/mol. The maximum Gasteiger partial charge on any atom is 0.138 e. The summed E-state index contributed by atoms with van der Waals surface area (Å²) < 4.78 is 5.30. The van der Waals surface area contributed by atoms with Crippen LogP contribution < -0.4 is 5.32 Å². The Morgan fingerprint density at radius 2 is 1.94 bits per heavy atom. The van der Waals surface area contributed by atoms with Crippen LogP contribution in [-0.2, 0) is 13.1 Å². The second-order valence-corrected chi connectivity index (χ2v) is 4.88. The van der Waals surface area contributed by atoms with Gasteiger partial charge in [-0.2, -0.15) is 0 Å². The zero-order valence-electron chi connectivity index (χ0n) is 11.0. The molecule has 2 rings (SSSR count). The Kier molecular flexibility index (Phi) is 4.57. The Hall–Kier alpha value is -0.870. The van der Waals surface area contributed by atoms with Crippen LogP contribution in [0.3, 0.4) is 0 Å². The number of likely N-dealkylation sites (tertiary alicyclic amines) is 1. The van der Waals surface area contributed by atoms with Gasteiger partial charge in [0.15, 0.2) is 0 Å². The molecule has 2 heterocycles. The van der Waals surface area contributed by atoms with Gasteiger partial charge in [0, 0.05) is 18.7 Å². The number of hydrogen-bond acceptors (Lipinski definition) is 4. The zero-order valence-corrected chi connectivity index (χ0v) is 11.0. The average Bonchev–Trinajstić information content (AvgIpc) is 2.57.